The maximum absolute atomic E-state index is 13.3. The fraction of sp³-hybridized carbons (Fsp3) is 0.120. The van der Waals surface area contributed by atoms with Crippen LogP contribution in [0.1, 0.15) is 17.0 Å². The second-order valence-corrected chi connectivity index (χ2v) is 8.01. The van der Waals surface area contributed by atoms with E-state index in [4.69, 9.17) is 0 Å². The number of para-hydroxylation sites is 2. The Hall–Kier alpha value is -3.69. The van der Waals surface area contributed by atoms with E-state index in [1.807, 2.05) is 43.3 Å². The summed E-state index contributed by atoms with van der Waals surface area (Å²) < 4.78 is 1.56. The minimum atomic E-state index is -0.854. The van der Waals surface area contributed by atoms with E-state index in [1.54, 1.807) is 47.0 Å². The molecule has 3 aromatic carbocycles. The van der Waals surface area contributed by atoms with E-state index in [2.05, 4.69) is 11.1 Å². The maximum Gasteiger partial charge on any atom is 0.266 e. The quantitative estimate of drug-likeness (QED) is 0.332. The number of carbonyl (C=O) groups is 1. The Bertz CT molecular complexity index is 1360. The number of rotatable bonds is 6. The number of nitriles is 1. The highest BCUT2D eigenvalue weighted by Gasteiger charge is 2.22. The average Bonchev–Trinajstić information content (AvgIpc) is 2.80. The molecule has 4 rings (SSSR count). The number of aryl methyl sites for hydroxylation is 1. The van der Waals surface area contributed by atoms with Crippen LogP contribution in [0.15, 0.2) is 88.8 Å². The lowest BCUT2D eigenvalue weighted by atomic mass is 9.97. The average molecular weight is 426 g/mol. The van der Waals surface area contributed by atoms with Crippen molar-refractivity contribution in [1.29, 1.82) is 5.26 Å². The van der Waals surface area contributed by atoms with Gasteiger partial charge in [-0.15, -0.1) is 0 Å². The molecule has 6 heteroatoms. The molecule has 0 aliphatic heterocycles. The standard InChI is InChI=1S/C25H19N3O2S/c1-17-9-5-8-14-22(17)28-24(30)19-12-6-7-13-21(19)27-25(28)31-16-23(29)20(15-26)18-10-3-2-4-11-18/h2-14,20H,16H2,1H3/t20-/m1/s1. The summed E-state index contributed by atoms with van der Waals surface area (Å²) in [6, 6.07) is 25.8. The smallest absolute Gasteiger partial charge is 0.266 e. The summed E-state index contributed by atoms with van der Waals surface area (Å²) in [5.74, 6) is -1.05. The molecule has 152 valence electrons. The van der Waals surface area contributed by atoms with Gasteiger partial charge in [0.2, 0.25) is 0 Å². The van der Waals surface area contributed by atoms with Crippen LogP contribution in [-0.4, -0.2) is 21.1 Å². The van der Waals surface area contributed by atoms with E-state index < -0.39 is 5.92 Å². The van der Waals surface area contributed by atoms with Crippen LogP contribution < -0.4 is 5.56 Å². The summed E-state index contributed by atoms with van der Waals surface area (Å²) in [6.07, 6.45) is 0. The predicted molar refractivity (Wildman–Crippen MR) is 123 cm³/mol. The van der Waals surface area contributed by atoms with Crippen LogP contribution in [0.2, 0.25) is 0 Å². The fourth-order valence-corrected chi connectivity index (χ4v) is 4.34. The Kier molecular flexibility index (Phi) is 5.96. The Morgan fingerprint density at radius 2 is 1.71 bits per heavy atom. The molecule has 31 heavy (non-hydrogen) atoms. The van der Waals surface area contributed by atoms with Gasteiger partial charge in [0.05, 0.1) is 28.4 Å². The van der Waals surface area contributed by atoms with Crippen LogP contribution >= 0.6 is 11.8 Å². The summed E-state index contributed by atoms with van der Waals surface area (Å²) in [5.41, 5.74) is 2.70. The van der Waals surface area contributed by atoms with E-state index in [0.717, 1.165) is 11.3 Å². The molecular formula is C25H19N3O2S. The highest BCUT2D eigenvalue weighted by atomic mass is 32.2. The first-order valence-electron chi connectivity index (χ1n) is 9.78. The van der Waals surface area contributed by atoms with E-state index >= 15 is 0 Å². The summed E-state index contributed by atoms with van der Waals surface area (Å²) in [5, 5.41) is 10.5. The molecule has 0 N–H and O–H groups in total. The van der Waals surface area contributed by atoms with Crippen LogP contribution in [0.25, 0.3) is 16.6 Å². The highest BCUT2D eigenvalue weighted by Crippen LogP contribution is 2.25. The lowest BCUT2D eigenvalue weighted by molar-refractivity contribution is -0.116. The lowest BCUT2D eigenvalue weighted by Gasteiger charge is -2.15. The van der Waals surface area contributed by atoms with Gasteiger partial charge in [-0.05, 0) is 36.2 Å². The molecule has 1 aromatic heterocycles. The van der Waals surface area contributed by atoms with E-state index in [9.17, 15) is 14.9 Å². The number of hydrogen-bond acceptors (Lipinski definition) is 5. The van der Waals surface area contributed by atoms with Gasteiger partial charge >= 0.3 is 0 Å². The maximum atomic E-state index is 13.3. The topological polar surface area (TPSA) is 75.8 Å². The second-order valence-electron chi connectivity index (χ2n) is 7.07. The molecule has 0 fully saturated rings. The molecule has 0 bridgehead atoms. The molecule has 0 radical (unpaired) electrons. The van der Waals surface area contributed by atoms with Gasteiger partial charge in [-0.25, -0.2) is 4.98 Å². The van der Waals surface area contributed by atoms with Crippen molar-refractivity contribution in [3.63, 3.8) is 0 Å². The van der Waals surface area contributed by atoms with Crippen LogP contribution in [0.4, 0.5) is 0 Å². The number of hydrogen-bond donors (Lipinski definition) is 0. The molecule has 0 unspecified atom stereocenters. The molecule has 1 atom stereocenters. The Morgan fingerprint density at radius 3 is 2.45 bits per heavy atom. The number of Topliss-reactive ketones (excluding diaryl/α,β-unsaturated/α-hetero) is 1. The molecule has 0 aliphatic carbocycles. The van der Waals surface area contributed by atoms with Crippen molar-refractivity contribution in [2.24, 2.45) is 0 Å². The minimum Gasteiger partial charge on any atom is -0.297 e. The Labute approximate surface area is 184 Å². The van der Waals surface area contributed by atoms with Crippen molar-refractivity contribution in [2.75, 3.05) is 5.75 Å². The van der Waals surface area contributed by atoms with Crippen LogP contribution in [0.3, 0.4) is 0 Å². The Morgan fingerprint density at radius 1 is 1.03 bits per heavy atom. The molecule has 0 saturated carbocycles. The molecule has 0 aliphatic rings. The van der Waals surface area contributed by atoms with Gasteiger partial charge in [0.25, 0.3) is 5.56 Å². The monoisotopic (exact) mass is 425 g/mol. The molecule has 0 amide bonds. The highest BCUT2D eigenvalue weighted by molar-refractivity contribution is 7.99. The largest absolute Gasteiger partial charge is 0.297 e. The number of carbonyl (C=O) groups excluding carboxylic acids is 1. The van der Waals surface area contributed by atoms with Crippen molar-refractivity contribution < 1.29 is 4.79 Å². The molecular weight excluding hydrogens is 406 g/mol. The number of aromatic nitrogens is 2. The van der Waals surface area contributed by atoms with Crippen LogP contribution in [0, 0.1) is 18.3 Å². The van der Waals surface area contributed by atoms with Crippen molar-refractivity contribution in [1.82, 2.24) is 9.55 Å². The summed E-state index contributed by atoms with van der Waals surface area (Å²) in [6.45, 7) is 1.93. The van der Waals surface area contributed by atoms with Gasteiger partial charge in [0.1, 0.15) is 5.92 Å². The molecule has 4 aromatic rings. The predicted octanol–water partition coefficient (Wildman–Crippen LogP) is 4.66. The number of fused-ring (bicyclic) bond motifs is 1. The first kappa shape index (κ1) is 20.6. The van der Waals surface area contributed by atoms with Crippen molar-refractivity contribution in [3.05, 3.63) is 100 Å². The number of nitrogens with zero attached hydrogens (tertiary/aromatic N) is 3. The zero-order valence-corrected chi connectivity index (χ0v) is 17.7. The van der Waals surface area contributed by atoms with Gasteiger partial charge < -0.3 is 0 Å². The molecule has 5 nitrogen and oxygen atoms in total. The van der Waals surface area contributed by atoms with Gasteiger partial charge in [0, 0.05) is 0 Å². The minimum absolute atomic E-state index is 0.0315. The first-order valence-corrected chi connectivity index (χ1v) is 10.8. The molecule has 0 spiro atoms. The normalized spacial score (nSPS) is 11.7. The summed E-state index contributed by atoms with van der Waals surface area (Å²) in [7, 11) is 0. The Balaban J connectivity index is 1.74. The molecule has 1 heterocycles. The van der Waals surface area contributed by atoms with Crippen LogP contribution in [-0.2, 0) is 4.79 Å². The van der Waals surface area contributed by atoms with E-state index in [-0.39, 0.29) is 17.1 Å². The number of ketones is 1. The van der Waals surface area contributed by atoms with Gasteiger partial charge in [-0.3, -0.25) is 14.2 Å². The van der Waals surface area contributed by atoms with Gasteiger partial charge in [-0.1, -0.05) is 72.4 Å². The fourth-order valence-electron chi connectivity index (χ4n) is 3.43. The summed E-state index contributed by atoms with van der Waals surface area (Å²) >= 11 is 1.18. The third-order valence-corrected chi connectivity index (χ3v) is 5.99. The van der Waals surface area contributed by atoms with Crippen molar-refractivity contribution >= 4 is 28.4 Å². The second kappa shape index (κ2) is 8.99. The number of benzene rings is 3. The van der Waals surface area contributed by atoms with Crippen molar-refractivity contribution in [3.8, 4) is 11.8 Å². The van der Waals surface area contributed by atoms with E-state index in [1.165, 1.54) is 11.8 Å². The lowest BCUT2D eigenvalue weighted by Crippen LogP contribution is -2.23. The molecule has 0 saturated heterocycles. The third-order valence-electron chi connectivity index (χ3n) is 5.03. The van der Waals surface area contributed by atoms with Gasteiger partial charge in [0.15, 0.2) is 10.9 Å². The van der Waals surface area contributed by atoms with Gasteiger partial charge in [-0.2, -0.15) is 5.26 Å². The summed E-state index contributed by atoms with van der Waals surface area (Å²) in [4.78, 5) is 30.9. The zero-order chi connectivity index (χ0) is 21.8. The van der Waals surface area contributed by atoms with Crippen molar-refractivity contribution in [2.45, 2.75) is 18.0 Å². The third kappa shape index (κ3) is 4.14. The SMILES string of the molecule is Cc1ccccc1-n1c(SCC(=O)[C@H](C#N)c2ccccc2)nc2ccccc2c1=O. The van der Waals surface area contributed by atoms with Crippen LogP contribution in [0.5, 0.6) is 0 Å². The zero-order valence-electron chi connectivity index (χ0n) is 16.9. The van der Waals surface area contributed by atoms with E-state index in [0.29, 0.717) is 21.6 Å². The number of thioether (sulfide) groups is 1. The first-order chi connectivity index (χ1) is 15.1.